The standard InChI is InChI=1S/C17H30N/c1-4-5-6-7-8-9-10-11-12-17-13-14-18(3)15-16(17)2/h13-15H,4-12H2,1-3H3/q+1. The Morgan fingerprint density at radius 3 is 2.17 bits per heavy atom. The molecular formula is C17H30N+. The zero-order valence-corrected chi connectivity index (χ0v) is 12.5. The van der Waals surface area contributed by atoms with E-state index in [0.29, 0.717) is 0 Å². The molecule has 0 saturated carbocycles. The molecule has 0 aliphatic rings. The largest absolute Gasteiger partial charge is 0.208 e. The molecule has 1 nitrogen and oxygen atoms in total. The van der Waals surface area contributed by atoms with Gasteiger partial charge in [0.15, 0.2) is 12.4 Å². The average Bonchev–Trinajstić information content (AvgIpc) is 2.35. The van der Waals surface area contributed by atoms with Gasteiger partial charge in [-0.15, -0.1) is 0 Å². The predicted molar refractivity (Wildman–Crippen MR) is 78.7 cm³/mol. The van der Waals surface area contributed by atoms with E-state index in [0.717, 1.165) is 0 Å². The van der Waals surface area contributed by atoms with Crippen LogP contribution in [0.3, 0.4) is 0 Å². The molecule has 18 heavy (non-hydrogen) atoms. The van der Waals surface area contributed by atoms with E-state index < -0.39 is 0 Å². The molecule has 0 atom stereocenters. The maximum Gasteiger partial charge on any atom is 0.171 e. The van der Waals surface area contributed by atoms with Crippen molar-refractivity contribution in [3.8, 4) is 0 Å². The maximum absolute atomic E-state index is 2.28. The van der Waals surface area contributed by atoms with Crippen molar-refractivity contribution < 1.29 is 4.57 Å². The molecule has 1 heterocycles. The van der Waals surface area contributed by atoms with Gasteiger partial charge in [-0.1, -0.05) is 51.9 Å². The minimum Gasteiger partial charge on any atom is -0.208 e. The lowest BCUT2D eigenvalue weighted by molar-refractivity contribution is -0.671. The SMILES string of the molecule is CCCCCCCCCCc1cc[n+](C)cc1C. The van der Waals surface area contributed by atoms with E-state index >= 15 is 0 Å². The van der Waals surface area contributed by atoms with Crippen LogP contribution in [0.15, 0.2) is 18.5 Å². The summed E-state index contributed by atoms with van der Waals surface area (Å²) < 4.78 is 2.13. The van der Waals surface area contributed by atoms with Gasteiger partial charge >= 0.3 is 0 Å². The normalized spacial score (nSPS) is 10.8. The lowest BCUT2D eigenvalue weighted by Crippen LogP contribution is -2.27. The molecule has 0 radical (unpaired) electrons. The first kappa shape index (κ1) is 15.2. The molecule has 0 spiro atoms. The quantitative estimate of drug-likeness (QED) is 0.447. The highest BCUT2D eigenvalue weighted by molar-refractivity contribution is 5.19. The molecule has 0 bridgehead atoms. The Bertz CT molecular complexity index is 330. The van der Waals surface area contributed by atoms with Crippen LogP contribution in [-0.2, 0) is 13.5 Å². The number of nitrogens with zero attached hydrogens (tertiary/aromatic N) is 1. The molecule has 0 fully saturated rings. The molecule has 0 aliphatic heterocycles. The molecule has 1 aromatic rings. The fraction of sp³-hybridized carbons (Fsp3) is 0.706. The van der Waals surface area contributed by atoms with Gasteiger partial charge in [-0.05, 0) is 25.3 Å². The second-order valence-corrected chi connectivity index (χ2v) is 5.54. The van der Waals surface area contributed by atoms with Crippen molar-refractivity contribution >= 4 is 0 Å². The summed E-state index contributed by atoms with van der Waals surface area (Å²) in [6, 6.07) is 2.27. The third-order valence-corrected chi connectivity index (χ3v) is 3.71. The Morgan fingerprint density at radius 1 is 0.944 bits per heavy atom. The summed E-state index contributed by atoms with van der Waals surface area (Å²) in [7, 11) is 2.09. The second-order valence-electron chi connectivity index (χ2n) is 5.54. The molecule has 1 heteroatoms. The number of unbranched alkanes of at least 4 members (excludes halogenated alkanes) is 7. The lowest BCUT2D eigenvalue weighted by Gasteiger charge is -2.04. The van der Waals surface area contributed by atoms with E-state index in [1.165, 1.54) is 68.9 Å². The number of hydrogen-bond donors (Lipinski definition) is 0. The van der Waals surface area contributed by atoms with Crippen LogP contribution in [0.4, 0.5) is 0 Å². The van der Waals surface area contributed by atoms with Crippen molar-refractivity contribution in [2.75, 3.05) is 0 Å². The van der Waals surface area contributed by atoms with Crippen LogP contribution in [0, 0.1) is 6.92 Å². The van der Waals surface area contributed by atoms with Gasteiger partial charge < -0.3 is 0 Å². The summed E-state index contributed by atoms with van der Waals surface area (Å²) in [5.41, 5.74) is 2.96. The van der Waals surface area contributed by atoms with Crippen LogP contribution in [0.5, 0.6) is 0 Å². The highest BCUT2D eigenvalue weighted by Crippen LogP contribution is 2.12. The van der Waals surface area contributed by atoms with Crippen molar-refractivity contribution in [2.45, 2.75) is 71.6 Å². The molecule has 1 rings (SSSR count). The molecule has 0 unspecified atom stereocenters. The maximum atomic E-state index is 2.28. The van der Waals surface area contributed by atoms with Crippen LogP contribution in [0.25, 0.3) is 0 Å². The third-order valence-electron chi connectivity index (χ3n) is 3.71. The van der Waals surface area contributed by atoms with E-state index in [1.54, 1.807) is 0 Å². The Morgan fingerprint density at radius 2 is 1.56 bits per heavy atom. The summed E-state index contributed by atoms with van der Waals surface area (Å²) in [5.74, 6) is 0. The van der Waals surface area contributed by atoms with Crippen LogP contribution in [0.1, 0.15) is 69.4 Å². The first-order valence-corrected chi connectivity index (χ1v) is 7.68. The van der Waals surface area contributed by atoms with Gasteiger partial charge in [0.1, 0.15) is 7.05 Å². The molecule has 0 saturated heterocycles. The molecule has 1 aromatic heterocycles. The number of aromatic nitrogens is 1. The monoisotopic (exact) mass is 248 g/mol. The minimum absolute atomic E-state index is 1.25. The van der Waals surface area contributed by atoms with Gasteiger partial charge in [0.05, 0.1) is 0 Å². The van der Waals surface area contributed by atoms with E-state index in [4.69, 9.17) is 0 Å². The summed E-state index contributed by atoms with van der Waals surface area (Å²) in [4.78, 5) is 0. The second kappa shape index (κ2) is 9.13. The number of hydrogen-bond acceptors (Lipinski definition) is 0. The highest BCUT2D eigenvalue weighted by atomic mass is 14.9. The summed E-state index contributed by atoms with van der Waals surface area (Å²) in [5, 5.41) is 0. The smallest absolute Gasteiger partial charge is 0.171 e. The Labute approximate surface area is 113 Å². The Hall–Kier alpha value is -0.850. The lowest BCUT2D eigenvalue weighted by atomic mass is 10.0. The van der Waals surface area contributed by atoms with Crippen LogP contribution >= 0.6 is 0 Å². The fourth-order valence-corrected chi connectivity index (χ4v) is 2.50. The topological polar surface area (TPSA) is 3.88 Å². The molecule has 102 valence electrons. The van der Waals surface area contributed by atoms with Crippen molar-refractivity contribution in [3.05, 3.63) is 29.6 Å². The number of rotatable bonds is 9. The van der Waals surface area contributed by atoms with Gasteiger partial charge in [0, 0.05) is 11.6 Å². The summed E-state index contributed by atoms with van der Waals surface area (Å²) in [6.07, 6.45) is 16.9. The van der Waals surface area contributed by atoms with Crippen molar-refractivity contribution in [3.63, 3.8) is 0 Å². The molecule has 0 N–H and O–H groups in total. The zero-order valence-electron chi connectivity index (χ0n) is 12.5. The van der Waals surface area contributed by atoms with Gasteiger partial charge in [0.25, 0.3) is 0 Å². The molecule has 0 amide bonds. The van der Waals surface area contributed by atoms with Crippen LogP contribution in [0.2, 0.25) is 0 Å². The highest BCUT2D eigenvalue weighted by Gasteiger charge is 2.02. The molecule has 0 aliphatic carbocycles. The van der Waals surface area contributed by atoms with Crippen molar-refractivity contribution in [2.24, 2.45) is 7.05 Å². The van der Waals surface area contributed by atoms with E-state index in [-0.39, 0.29) is 0 Å². The van der Waals surface area contributed by atoms with Crippen LogP contribution < -0.4 is 4.57 Å². The van der Waals surface area contributed by atoms with E-state index in [1.807, 2.05) is 0 Å². The Balaban J connectivity index is 2.07. The van der Waals surface area contributed by atoms with E-state index in [9.17, 15) is 0 Å². The minimum atomic E-state index is 1.25. The van der Waals surface area contributed by atoms with Crippen LogP contribution in [-0.4, -0.2) is 0 Å². The van der Waals surface area contributed by atoms with E-state index in [2.05, 4.69) is 43.9 Å². The Kier molecular flexibility index (Phi) is 7.71. The van der Waals surface area contributed by atoms with Gasteiger partial charge in [-0.3, -0.25) is 0 Å². The summed E-state index contributed by atoms with van der Waals surface area (Å²) >= 11 is 0. The zero-order chi connectivity index (χ0) is 13.2. The van der Waals surface area contributed by atoms with Crippen molar-refractivity contribution in [1.29, 1.82) is 0 Å². The van der Waals surface area contributed by atoms with Gasteiger partial charge in [-0.2, -0.15) is 0 Å². The fourth-order valence-electron chi connectivity index (χ4n) is 2.50. The third kappa shape index (κ3) is 6.18. The van der Waals surface area contributed by atoms with Crippen molar-refractivity contribution in [1.82, 2.24) is 0 Å². The number of aryl methyl sites for hydroxylation is 3. The summed E-state index contributed by atoms with van der Waals surface area (Å²) in [6.45, 7) is 4.50. The van der Waals surface area contributed by atoms with Gasteiger partial charge in [0.2, 0.25) is 0 Å². The molecule has 0 aromatic carbocycles. The average molecular weight is 248 g/mol. The number of pyridine rings is 1. The predicted octanol–water partition coefficient (Wildman–Crippen LogP) is 4.50. The first-order chi connectivity index (χ1) is 8.74. The van der Waals surface area contributed by atoms with Gasteiger partial charge in [-0.25, -0.2) is 4.57 Å². The molecular weight excluding hydrogens is 218 g/mol. The first-order valence-electron chi connectivity index (χ1n) is 7.68.